The number of nitrogens with zero attached hydrogens (tertiary/aromatic N) is 1. The lowest BCUT2D eigenvalue weighted by Crippen LogP contribution is -2.69. The van der Waals surface area contributed by atoms with E-state index in [1.165, 1.54) is 95.8 Å². The van der Waals surface area contributed by atoms with Gasteiger partial charge in [0.15, 0.2) is 0 Å². The zero-order valence-electron chi connectivity index (χ0n) is 33.0. The third-order valence-corrected chi connectivity index (χ3v) is 15.0. The molecular weight excluding hydrogens is 604 g/mol. The van der Waals surface area contributed by atoms with E-state index in [4.69, 9.17) is 9.90 Å². The lowest BCUT2D eigenvalue weighted by Gasteiger charge is -2.72. The average Bonchev–Trinajstić information content (AvgIpc) is 3.50. The van der Waals surface area contributed by atoms with Crippen LogP contribution in [0.4, 0.5) is 0 Å². The van der Waals surface area contributed by atoms with Gasteiger partial charge in [0.25, 0.3) is 6.47 Å². The van der Waals surface area contributed by atoms with Crippen LogP contribution in [0.1, 0.15) is 135 Å². The van der Waals surface area contributed by atoms with Crippen LogP contribution in [-0.2, 0) is 9.59 Å². The van der Waals surface area contributed by atoms with Crippen molar-refractivity contribution in [1.29, 1.82) is 0 Å². The molecule has 1 unspecified atom stereocenters. The topological polar surface area (TPSA) is 69.6 Å². The molecule has 5 saturated carbocycles. The highest BCUT2D eigenvalue weighted by atomic mass is 16.3. The minimum Gasteiger partial charge on any atom is -0.483 e. The normalized spacial score (nSPS) is 40.1. The van der Waals surface area contributed by atoms with Gasteiger partial charge in [-0.25, -0.2) is 0 Å². The van der Waals surface area contributed by atoms with Crippen LogP contribution in [0, 0.1) is 51.2 Å². The fourth-order valence-corrected chi connectivity index (χ4v) is 13.1. The van der Waals surface area contributed by atoms with Gasteiger partial charge < -0.3 is 15.3 Å². The summed E-state index contributed by atoms with van der Waals surface area (Å²) in [6.07, 6.45) is 18.8. The monoisotopic (exact) mass is 685 g/mol. The minimum atomic E-state index is -0.250. The molecule has 9 atom stereocenters. The van der Waals surface area contributed by atoms with Gasteiger partial charge in [0, 0.05) is 33.3 Å². The third-order valence-electron chi connectivity index (χ3n) is 15.0. The smallest absolute Gasteiger partial charge is 0.290 e. The minimum absolute atomic E-state index is 0. The number of hydrogen-bond acceptors (Lipinski definition) is 4. The van der Waals surface area contributed by atoms with Crippen LogP contribution in [0.15, 0.2) is 51.1 Å². The second-order valence-corrected chi connectivity index (χ2v) is 16.7. The number of likely N-dealkylation sites (tertiary alicyclic amines) is 1. The highest BCUT2D eigenvalue weighted by Gasteiger charge is 2.71. The zero-order valence-corrected chi connectivity index (χ0v) is 33.0. The van der Waals surface area contributed by atoms with E-state index in [9.17, 15) is 4.79 Å². The van der Waals surface area contributed by atoms with E-state index in [0.717, 1.165) is 19.4 Å². The van der Waals surface area contributed by atoms with Crippen molar-refractivity contribution in [3.63, 3.8) is 0 Å². The summed E-state index contributed by atoms with van der Waals surface area (Å²) < 4.78 is 0. The highest BCUT2D eigenvalue weighted by molar-refractivity contribution is 5.85. The zero-order chi connectivity index (χ0) is 37.3. The van der Waals surface area contributed by atoms with E-state index in [0.29, 0.717) is 35.4 Å². The molecule has 1 aliphatic heterocycles. The van der Waals surface area contributed by atoms with E-state index < -0.39 is 0 Å². The molecule has 0 bridgehead atoms. The van der Waals surface area contributed by atoms with Gasteiger partial charge in [-0.3, -0.25) is 9.59 Å². The Morgan fingerprint density at radius 1 is 0.918 bits per heavy atom. The van der Waals surface area contributed by atoms with Crippen molar-refractivity contribution >= 4 is 12.3 Å². The lowest BCUT2D eigenvalue weighted by molar-refractivity contribution is -0.218. The molecule has 284 valence electrons. The van der Waals surface area contributed by atoms with Gasteiger partial charge in [-0.05, 0) is 136 Å². The maximum absolute atomic E-state index is 13.1. The first-order valence-corrected chi connectivity index (χ1v) is 19.7. The molecule has 6 fully saturated rings. The standard InChI is InChI=1S/C37H60N2O.C2H6.2C2H4.CH2O2.2H2/c1-8-36-20-21-37(38-22-25-39-23-10-9-11-24-39)19-14-27(26(2)3)32(37)28(36)12-13-30-34(6)17-16-31(40)33(4,5)29(34)15-18-35(30,36)7;3*1-2;2-1-3;;/h8,27-30,32,38H,1-2,9-25H2,3-7H3;1-2H3;2*1-2H2;1H,(H,2,3);2*1H/t27-,28+,29-,30?,32+,34-,35+,36+,37-;;;;;;/m0....../s1. The second-order valence-electron chi connectivity index (χ2n) is 16.7. The summed E-state index contributed by atoms with van der Waals surface area (Å²) in [5.74, 6) is 3.71. The van der Waals surface area contributed by atoms with Gasteiger partial charge >= 0.3 is 0 Å². The maximum atomic E-state index is 13.1. The summed E-state index contributed by atoms with van der Waals surface area (Å²) in [5, 5.41) is 11.2. The number of carbonyl (C=O) groups is 2. The Labute approximate surface area is 305 Å². The maximum Gasteiger partial charge on any atom is 0.290 e. The van der Waals surface area contributed by atoms with Crippen molar-refractivity contribution in [3.8, 4) is 0 Å². The fraction of sp³-hybridized carbons (Fsp3) is 0.773. The SMILES string of the molecule is C=C.C=C.C=C[C@@]12CC[C@@]3(NCCN4CCCCC4)CC[C@@H](C(=C)C)[C@@H]3[C@H]1CCC1[C@@]3(C)CCC(=O)C(C)(C)[C@@H]3CC[C@]12C.CC.O=CO.[HH].[HH]. The van der Waals surface area contributed by atoms with Gasteiger partial charge in [-0.15, -0.1) is 32.9 Å². The first-order valence-electron chi connectivity index (χ1n) is 19.7. The van der Waals surface area contributed by atoms with E-state index >= 15 is 0 Å². The molecule has 0 amide bonds. The Balaban J connectivity index is 0.00000210. The average molecular weight is 685 g/mol. The van der Waals surface area contributed by atoms with Gasteiger partial charge in [0.2, 0.25) is 0 Å². The Morgan fingerprint density at radius 3 is 2.10 bits per heavy atom. The van der Waals surface area contributed by atoms with E-state index in [1.807, 2.05) is 13.8 Å². The number of Topliss-reactive ketones (excluding diaryl/α,β-unsaturated/α-hetero) is 1. The first kappa shape index (κ1) is 43.2. The molecule has 0 radical (unpaired) electrons. The molecule has 1 saturated heterocycles. The van der Waals surface area contributed by atoms with E-state index in [2.05, 4.69) is 90.4 Å². The van der Waals surface area contributed by atoms with E-state index in [-0.39, 0.29) is 36.5 Å². The lowest BCUT2D eigenvalue weighted by atomic mass is 9.32. The van der Waals surface area contributed by atoms with E-state index in [1.54, 1.807) is 0 Å². The molecule has 0 aromatic carbocycles. The summed E-state index contributed by atoms with van der Waals surface area (Å²) >= 11 is 0. The van der Waals surface area contributed by atoms with Crippen LogP contribution in [0.25, 0.3) is 0 Å². The number of hydrogen-bond donors (Lipinski definition) is 2. The fourth-order valence-electron chi connectivity index (χ4n) is 13.1. The molecule has 49 heavy (non-hydrogen) atoms. The van der Waals surface area contributed by atoms with Crippen molar-refractivity contribution in [3.05, 3.63) is 51.1 Å². The highest BCUT2D eigenvalue weighted by Crippen LogP contribution is 2.76. The predicted molar refractivity (Wildman–Crippen MR) is 214 cm³/mol. The Morgan fingerprint density at radius 2 is 1.53 bits per heavy atom. The second kappa shape index (κ2) is 18.0. The van der Waals surface area contributed by atoms with Crippen LogP contribution in [0.2, 0.25) is 0 Å². The number of piperidine rings is 1. The number of ketones is 1. The first-order chi connectivity index (χ1) is 23.4. The number of carboxylic acid groups (broad SMARTS) is 1. The van der Waals surface area contributed by atoms with Crippen molar-refractivity contribution in [2.45, 2.75) is 137 Å². The van der Waals surface area contributed by atoms with Crippen LogP contribution in [0.3, 0.4) is 0 Å². The molecule has 5 heteroatoms. The predicted octanol–water partition coefficient (Wildman–Crippen LogP) is 11.0. The summed E-state index contributed by atoms with van der Waals surface area (Å²) in [7, 11) is 0. The van der Waals surface area contributed by atoms with Crippen LogP contribution in [-0.4, -0.2) is 54.0 Å². The molecule has 0 spiro atoms. The molecule has 5 nitrogen and oxygen atoms in total. The van der Waals surface area contributed by atoms with Gasteiger partial charge in [0.05, 0.1) is 0 Å². The molecule has 5 aliphatic carbocycles. The number of nitrogens with one attached hydrogen (secondary N) is 1. The Bertz CT molecular complexity index is 1120. The Kier molecular flexibility index (Phi) is 15.8. The third kappa shape index (κ3) is 7.50. The quantitative estimate of drug-likeness (QED) is 0.215. The molecule has 0 aromatic rings. The number of allylic oxidation sites excluding steroid dienone is 2. The summed E-state index contributed by atoms with van der Waals surface area (Å²) in [6.45, 7) is 42.1. The summed E-state index contributed by atoms with van der Waals surface area (Å²) in [5.41, 5.74) is 2.22. The summed E-state index contributed by atoms with van der Waals surface area (Å²) in [6, 6.07) is 0. The molecule has 6 aliphatic rings. The van der Waals surface area contributed by atoms with Crippen LogP contribution in [0.5, 0.6) is 0 Å². The molecule has 0 aromatic heterocycles. The van der Waals surface area contributed by atoms with Gasteiger partial charge in [-0.2, -0.15) is 0 Å². The molecule has 2 N–H and O–H groups in total. The van der Waals surface area contributed by atoms with Crippen LogP contribution >= 0.6 is 0 Å². The number of fused-ring (bicyclic) bond motifs is 7. The van der Waals surface area contributed by atoms with Crippen molar-refractivity contribution in [1.82, 2.24) is 10.2 Å². The van der Waals surface area contributed by atoms with Crippen molar-refractivity contribution < 1.29 is 17.5 Å². The number of carbonyl (C=O) groups excluding carboxylic acids is 1. The molecular formula is C44H80N2O3. The van der Waals surface area contributed by atoms with Crippen LogP contribution < -0.4 is 5.32 Å². The largest absolute Gasteiger partial charge is 0.483 e. The van der Waals surface area contributed by atoms with Crippen molar-refractivity contribution in [2.75, 3.05) is 26.2 Å². The molecule has 6 rings (SSSR count). The number of rotatable bonds is 6. The Hall–Kier alpha value is -1.98. The molecule has 1 heterocycles. The van der Waals surface area contributed by atoms with Gasteiger partial charge in [-0.1, -0.05) is 66.2 Å². The summed E-state index contributed by atoms with van der Waals surface area (Å²) in [4.78, 5) is 24.2. The van der Waals surface area contributed by atoms with Gasteiger partial charge in [0.1, 0.15) is 5.78 Å². The van der Waals surface area contributed by atoms with Crippen molar-refractivity contribution in [2.24, 2.45) is 51.2 Å².